The van der Waals surface area contributed by atoms with Gasteiger partial charge in [0.25, 0.3) is 0 Å². The van der Waals surface area contributed by atoms with Crippen LogP contribution in [0.25, 0.3) is 0 Å². The first-order valence-electron chi connectivity index (χ1n) is 7.24. The molecule has 1 saturated heterocycles. The van der Waals surface area contributed by atoms with Gasteiger partial charge in [0, 0.05) is 62.3 Å². The summed E-state index contributed by atoms with van der Waals surface area (Å²) >= 11 is 3.48. The summed E-state index contributed by atoms with van der Waals surface area (Å²) in [5.74, 6) is 0. The van der Waals surface area contributed by atoms with Crippen LogP contribution in [0.2, 0.25) is 0 Å². The first kappa shape index (κ1) is 14.6. The van der Waals surface area contributed by atoms with E-state index in [1.807, 2.05) is 24.7 Å². The fraction of sp³-hybridized carbons (Fsp3) is 0.375. The number of piperazine rings is 1. The van der Waals surface area contributed by atoms with Gasteiger partial charge in [-0.1, -0.05) is 6.07 Å². The predicted octanol–water partition coefficient (Wildman–Crippen LogP) is 2.56. The maximum atomic E-state index is 4.40. The highest BCUT2D eigenvalue weighted by molar-refractivity contribution is 9.10. The SMILES string of the molecule is Brc1cncc(CN2CCN(Cc3ccccn3)CC2)c1. The molecular weight excluding hydrogens is 328 g/mol. The maximum Gasteiger partial charge on any atom is 0.0543 e. The normalized spacial score (nSPS) is 17.0. The summed E-state index contributed by atoms with van der Waals surface area (Å²) in [4.78, 5) is 13.6. The zero-order chi connectivity index (χ0) is 14.5. The molecule has 0 unspecified atom stereocenters. The van der Waals surface area contributed by atoms with Crippen LogP contribution in [0.4, 0.5) is 0 Å². The summed E-state index contributed by atoms with van der Waals surface area (Å²) in [6, 6.07) is 8.26. The number of pyridine rings is 2. The average Bonchev–Trinajstić information content (AvgIpc) is 2.50. The van der Waals surface area contributed by atoms with Crippen molar-refractivity contribution in [3.8, 4) is 0 Å². The molecule has 5 heteroatoms. The van der Waals surface area contributed by atoms with Gasteiger partial charge in [0.15, 0.2) is 0 Å². The Kier molecular flexibility index (Phi) is 4.95. The number of halogens is 1. The molecule has 110 valence electrons. The van der Waals surface area contributed by atoms with Crippen LogP contribution < -0.4 is 0 Å². The molecular formula is C16H19BrN4. The number of hydrogen-bond donors (Lipinski definition) is 0. The standard InChI is InChI=1S/C16H19BrN4/c17-15-9-14(10-18-11-15)12-20-5-7-21(8-6-20)13-16-3-1-2-4-19-16/h1-4,9-11H,5-8,12-13H2. The fourth-order valence-corrected chi connectivity index (χ4v) is 3.04. The van der Waals surface area contributed by atoms with E-state index in [0.29, 0.717) is 0 Å². The lowest BCUT2D eigenvalue weighted by Gasteiger charge is -2.34. The molecule has 0 aliphatic carbocycles. The molecule has 21 heavy (non-hydrogen) atoms. The van der Waals surface area contributed by atoms with E-state index in [9.17, 15) is 0 Å². The third-order valence-electron chi connectivity index (χ3n) is 3.74. The second-order valence-corrected chi connectivity index (χ2v) is 6.30. The second-order valence-electron chi connectivity index (χ2n) is 5.38. The fourth-order valence-electron chi connectivity index (χ4n) is 2.63. The van der Waals surface area contributed by atoms with E-state index >= 15 is 0 Å². The minimum atomic E-state index is 0.952. The average molecular weight is 347 g/mol. The van der Waals surface area contributed by atoms with E-state index in [0.717, 1.165) is 49.4 Å². The van der Waals surface area contributed by atoms with Crippen LogP contribution in [0.5, 0.6) is 0 Å². The minimum Gasteiger partial charge on any atom is -0.296 e. The molecule has 2 aromatic rings. The summed E-state index contributed by atoms with van der Waals surface area (Å²) in [7, 11) is 0. The maximum absolute atomic E-state index is 4.40. The van der Waals surface area contributed by atoms with E-state index in [2.05, 4.69) is 53.9 Å². The molecule has 3 heterocycles. The van der Waals surface area contributed by atoms with Crippen LogP contribution in [-0.2, 0) is 13.1 Å². The molecule has 4 nitrogen and oxygen atoms in total. The van der Waals surface area contributed by atoms with Gasteiger partial charge in [-0.05, 0) is 39.7 Å². The zero-order valence-electron chi connectivity index (χ0n) is 12.0. The van der Waals surface area contributed by atoms with Gasteiger partial charge in [0.1, 0.15) is 0 Å². The molecule has 0 aromatic carbocycles. The highest BCUT2D eigenvalue weighted by Crippen LogP contribution is 2.13. The van der Waals surface area contributed by atoms with Crippen LogP contribution >= 0.6 is 15.9 Å². The third-order valence-corrected chi connectivity index (χ3v) is 4.18. The molecule has 1 aliphatic rings. The first-order valence-corrected chi connectivity index (χ1v) is 8.03. The Morgan fingerprint density at radius 2 is 1.76 bits per heavy atom. The van der Waals surface area contributed by atoms with Crippen LogP contribution in [0.1, 0.15) is 11.3 Å². The van der Waals surface area contributed by atoms with Gasteiger partial charge in [-0.15, -0.1) is 0 Å². The quantitative estimate of drug-likeness (QED) is 0.851. The van der Waals surface area contributed by atoms with Gasteiger partial charge in [-0.25, -0.2) is 0 Å². The lowest BCUT2D eigenvalue weighted by molar-refractivity contribution is 0.121. The van der Waals surface area contributed by atoms with Crippen LogP contribution in [-0.4, -0.2) is 45.9 Å². The highest BCUT2D eigenvalue weighted by Gasteiger charge is 2.17. The van der Waals surface area contributed by atoms with Crippen molar-refractivity contribution in [3.63, 3.8) is 0 Å². The molecule has 3 rings (SSSR count). The van der Waals surface area contributed by atoms with E-state index in [1.54, 1.807) is 0 Å². The summed E-state index contributed by atoms with van der Waals surface area (Å²) in [5.41, 5.74) is 2.42. The predicted molar refractivity (Wildman–Crippen MR) is 86.7 cm³/mol. The van der Waals surface area contributed by atoms with Crippen molar-refractivity contribution in [3.05, 3.63) is 58.6 Å². The van der Waals surface area contributed by atoms with Gasteiger partial charge in [-0.3, -0.25) is 19.8 Å². The summed E-state index contributed by atoms with van der Waals surface area (Å²) in [6.45, 7) is 6.31. The summed E-state index contributed by atoms with van der Waals surface area (Å²) < 4.78 is 1.05. The van der Waals surface area contributed by atoms with Crippen molar-refractivity contribution in [2.45, 2.75) is 13.1 Å². The van der Waals surface area contributed by atoms with Crippen molar-refractivity contribution in [2.75, 3.05) is 26.2 Å². The highest BCUT2D eigenvalue weighted by atomic mass is 79.9. The molecule has 2 aromatic heterocycles. The van der Waals surface area contributed by atoms with E-state index in [4.69, 9.17) is 0 Å². The summed E-state index contributed by atoms with van der Waals surface area (Å²) in [5, 5.41) is 0. The molecule has 0 spiro atoms. The molecule has 0 radical (unpaired) electrons. The van der Waals surface area contributed by atoms with Gasteiger partial charge in [0.05, 0.1) is 5.69 Å². The number of rotatable bonds is 4. The topological polar surface area (TPSA) is 32.3 Å². The number of aromatic nitrogens is 2. The van der Waals surface area contributed by atoms with Crippen molar-refractivity contribution >= 4 is 15.9 Å². The van der Waals surface area contributed by atoms with Crippen LogP contribution in [0, 0.1) is 0 Å². The largest absolute Gasteiger partial charge is 0.296 e. The Bertz CT molecular complexity index is 567. The molecule has 0 saturated carbocycles. The number of hydrogen-bond acceptors (Lipinski definition) is 4. The van der Waals surface area contributed by atoms with Gasteiger partial charge in [0.2, 0.25) is 0 Å². The van der Waals surface area contributed by atoms with E-state index < -0.39 is 0 Å². The van der Waals surface area contributed by atoms with E-state index in [1.165, 1.54) is 5.56 Å². The Morgan fingerprint density at radius 1 is 1.00 bits per heavy atom. The van der Waals surface area contributed by atoms with Crippen molar-refractivity contribution in [1.82, 2.24) is 19.8 Å². The van der Waals surface area contributed by atoms with Gasteiger partial charge in [-0.2, -0.15) is 0 Å². The lowest BCUT2D eigenvalue weighted by Crippen LogP contribution is -2.45. The zero-order valence-corrected chi connectivity index (χ0v) is 13.5. The molecule has 0 N–H and O–H groups in total. The first-order chi connectivity index (χ1) is 10.3. The van der Waals surface area contributed by atoms with E-state index in [-0.39, 0.29) is 0 Å². The minimum absolute atomic E-state index is 0.952. The van der Waals surface area contributed by atoms with Gasteiger partial charge < -0.3 is 0 Å². The van der Waals surface area contributed by atoms with Crippen molar-refractivity contribution in [2.24, 2.45) is 0 Å². The van der Waals surface area contributed by atoms with Crippen LogP contribution in [0.15, 0.2) is 47.3 Å². The summed E-state index contributed by atoms with van der Waals surface area (Å²) in [6.07, 6.45) is 5.64. The smallest absolute Gasteiger partial charge is 0.0543 e. The molecule has 0 bridgehead atoms. The van der Waals surface area contributed by atoms with Gasteiger partial charge >= 0.3 is 0 Å². The lowest BCUT2D eigenvalue weighted by atomic mass is 10.2. The second kappa shape index (κ2) is 7.11. The monoisotopic (exact) mass is 346 g/mol. The molecule has 0 amide bonds. The number of nitrogens with zero attached hydrogens (tertiary/aromatic N) is 4. The van der Waals surface area contributed by atoms with Crippen LogP contribution in [0.3, 0.4) is 0 Å². The Balaban J connectivity index is 1.49. The third kappa shape index (κ3) is 4.33. The Labute approximate surface area is 133 Å². The Hall–Kier alpha value is -1.30. The van der Waals surface area contributed by atoms with Crippen molar-refractivity contribution in [1.29, 1.82) is 0 Å². The molecule has 0 atom stereocenters. The molecule has 1 aliphatic heterocycles. The Morgan fingerprint density at radius 3 is 2.43 bits per heavy atom. The molecule has 1 fully saturated rings. The van der Waals surface area contributed by atoms with Crippen molar-refractivity contribution < 1.29 is 0 Å².